The van der Waals surface area contributed by atoms with E-state index in [2.05, 4.69) is 3.63 Å². The Kier molecular flexibility index (Phi) is 6.54. The minimum absolute atomic E-state index is 0.0574. The largest absolute Gasteiger partial charge is 0.523 e. The molecule has 1 heterocycles. The molecule has 1 aliphatic carbocycles. The Balaban J connectivity index is 2.31. The van der Waals surface area contributed by atoms with E-state index >= 15 is 0 Å². The van der Waals surface area contributed by atoms with E-state index in [9.17, 15) is 34.8 Å². The predicted octanol–water partition coefficient (Wildman–Crippen LogP) is 7.77. The molecule has 1 saturated carbocycles. The molecule has 0 spiro atoms. The maximum absolute atomic E-state index is 14.8. The first-order chi connectivity index (χ1) is 14.5. The summed E-state index contributed by atoms with van der Waals surface area (Å²) in [5.74, 6) is -0.706. The molecule has 0 N–H and O–H groups in total. The molecule has 2 aliphatic rings. The second-order valence-corrected chi connectivity index (χ2v) is 13.6. The number of hydrogen-bond donors (Lipinski definition) is 0. The van der Waals surface area contributed by atoms with Gasteiger partial charge in [0, 0.05) is 20.1 Å². The van der Waals surface area contributed by atoms with Crippen LogP contribution in [0.3, 0.4) is 0 Å². The molecule has 0 radical (unpaired) electrons. The van der Waals surface area contributed by atoms with Gasteiger partial charge in [0.15, 0.2) is 0 Å². The van der Waals surface area contributed by atoms with Gasteiger partial charge in [0.05, 0.1) is 0 Å². The number of halogens is 6. The van der Waals surface area contributed by atoms with Crippen molar-refractivity contribution in [3.8, 4) is 0 Å². The van der Waals surface area contributed by atoms with Crippen LogP contribution in [0.15, 0.2) is 28.0 Å². The highest BCUT2D eigenvalue weighted by Gasteiger charge is 2.65. The lowest BCUT2D eigenvalue weighted by atomic mass is 9.86. The van der Waals surface area contributed by atoms with Crippen molar-refractivity contribution in [1.29, 1.82) is 0 Å². The highest BCUT2D eigenvalue weighted by atomic mass is 32.3. The third-order valence-electron chi connectivity index (χ3n) is 5.88. The fraction of sp³-hybridized carbons (Fsp3) is 0.619. The molecule has 1 atom stereocenters. The number of fused-ring (bicyclic) bond motifs is 1. The zero-order chi connectivity index (χ0) is 24.2. The maximum Gasteiger partial charge on any atom is 0.523 e. The standard InChI is InChI=1S/C21H26F6O3S2/c1-19(2,3)16-11-10-15-12-17(14-8-6-4-5-7-9-14)31(18(15)13-16,20(22,23)24)30-32(28,29)21(25,26)27/h10-14H,4-9H2,1-3H3. The van der Waals surface area contributed by atoms with Crippen molar-refractivity contribution in [2.45, 2.75) is 80.6 Å². The molecule has 1 aromatic rings. The van der Waals surface area contributed by atoms with E-state index in [1.165, 1.54) is 18.2 Å². The maximum atomic E-state index is 14.8. The molecule has 1 unspecified atom stereocenters. The second-order valence-electron chi connectivity index (χ2n) is 9.21. The minimum atomic E-state index is -6.52. The highest BCUT2D eigenvalue weighted by Crippen LogP contribution is 2.80. The van der Waals surface area contributed by atoms with E-state index in [0.717, 1.165) is 12.8 Å². The van der Waals surface area contributed by atoms with Gasteiger partial charge in [0.2, 0.25) is 0 Å². The number of allylic oxidation sites excluding steroid dienone is 1. The van der Waals surface area contributed by atoms with E-state index in [-0.39, 0.29) is 10.5 Å². The molecular formula is C21H26F6O3S2. The van der Waals surface area contributed by atoms with Gasteiger partial charge in [-0.3, -0.25) is 0 Å². The summed E-state index contributed by atoms with van der Waals surface area (Å²) in [6.45, 7) is 5.25. The Morgan fingerprint density at radius 2 is 1.50 bits per heavy atom. The monoisotopic (exact) mass is 504 g/mol. The van der Waals surface area contributed by atoms with E-state index in [0.29, 0.717) is 31.2 Å². The Morgan fingerprint density at radius 1 is 0.938 bits per heavy atom. The van der Waals surface area contributed by atoms with Crippen LogP contribution in [0.25, 0.3) is 6.08 Å². The third-order valence-corrected chi connectivity index (χ3v) is 10.7. The average Bonchev–Trinajstić information content (AvgIpc) is 2.78. The molecule has 11 heteroatoms. The van der Waals surface area contributed by atoms with Gasteiger partial charge in [-0.15, -0.1) is 0 Å². The zero-order valence-corrected chi connectivity index (χ0v) is 19.6. The van der Waals surface area contributed by atoms with Crippen molar-refractivity contribution in [3.63, 3.8) is 0 Å². The highest BCUT2D eigenvalue weighted by molar-refractivity contribution is 8.37. The summed E-state index contributed by atoms with van der Waals surface area (Å²) in [4.78, 5) is -0.898. The second kappa shape index (κ2) is 8.23. The van der Waals surface area contributed by atoms with E-state index < -0.39 is 47.7 Å². The summed E-state index contributed by atoms with van der Waals surface area (Å²) >= 11 is 0. The topological polar surface area (TPSA) is 43.4 Å². The van der Waals surface area contributed by atoms with Crippen molar-refractivity contribution in [1.82, 2.24) is 0 Å². The van der Waals surface area contributed by atoms with Crippen LogP contribution in [-0.4, -0.2) is 19.4 Å². The molecule has 0 saturated heterocycles. The van der Waals surface area contributed by atoms with Crippen molar-refractivity contribution >= 4 is 26.5 Å². The Bertz CT molecular complexity index is 998. The van der Waals surface area contributed by atoms with Crippen molar-refractivity contribution in [2.75, 3.05) is 0 Å². The zero-order valence-electron chi connectivity index (χ0n) is 17.9. The van der Waals surface area contributed by atoms with Crippen LogP contribution < -0.4 is 0 Å². The number of rotatable bonds is 3. The normalized spacial score (nSPS) is 25.6. The molecule has 0 amide bonds. The smallest absolute Gasteiger partial charge is 0.196 e. The first-order valence-electron chi connectivity index (χ1n) is 10.3. The summed E-state index contributed by atoms with van der Waals surface area (Å²) in [7, 11) is -11.5. The third kappa shape index (κ3) is 4.44. The average molecular weight is 505 g/mol. The van der Waals surface area contributed by atoms with Gasteiger partial charge in [0.25, 0.3) is 0 Å². The first-order valence-corrected chi connectivity index (χ1v) is 13.3. The lowest BCUT2D eigenvalue weighted by molar-refractivity contribution is -0.0547. The summed E-state index contributed by atoms with van der Waals surface area (Å²) < 4.78 is 112. The summed E-state index contributed by atoms with van der Waals surface area (Å²) in [6.07, 6.45) is 4.74. The van der Waals surface area contributed by atoms with E-state index in [1.54, 1.807) is 26.8 Å². The Morgan fingerprint density at radius 3 is 1.97 bits per heavy atom. The van der Waals surface area contributed by atoms with Crippen LogP contribution in [0.1, 0.15) is 70.4 Å². The van der Waals surface area contributed by atoms with Crippen LogP contribution in [0, 0.1) is 5.92 Å². The van der Waals surface area contributed by atoms with Crippen molar-refractivity contribution < 1.29 is 38.4 Å². The summed E-state index contributed by atoms with van der Waals surface area (Å²) in [5, 5.41) is 0. The molecule has 0 aromatic heterocycles. The van der Waals surface area contributed by atoms with E-state index in [4.69, 9.17) is 0 Å². The van der Waals surface area contributed by atoms with Gasteiger partial charge < -0.3 is 0 Å². The van der Waals surface area contributed by atoms with Gasteiger partial charge in [-0.1, -0.05) is 58.6 Å². The predicted molar refractivity (Wildman–Crippen MR) is 112 cm³/mol. The molecular weight excluding hydrogens is 478 g/mol. The van der Waals surface area contributed by atoms with Crippen molar-refractivity contribution in [2.24, 2.45) is 5.92 Å². The lowest BCUT2D eigenvalue weighted by Crippen LogP contribution is -2.33. The van der Waals surface area contributed by atoms with Crippen LogP contribution in [0.2, 0.25) is 0 Å². The van der Waals surface area contributed by atoms with Gasteiger partial charge in [-0.2, -0.15) is 38.4 Å². The van der Waals surface area contributed by atoms with Crippen LogP contribution >= 0.6 is 10.3 Å². The summed E-state index contributed by atoms with van der Waals surface area (Å²) in [6, 6.07) is 4.20. The van der Waals surface area contributed by atoms with Crippen molar-refractivity contribution in [3.05, 3.63) is 34.2 Å². The fourth-order valence-electron chi connectivity index (χ4n) is 4.19. The fourth-order valence-corrected chi connectivity index (χ4v) is 9.01. The number of alkyl halides is 6. The summed E-state index contributed by atoms with van der Waals surface area (Å²) in [5.41, 5.74) is -11.4. The molecule has 1 fully saturated rings. The quantitative estimate of drug-likeness (QED) is 0.240. The molecule has 182 valence electrons. The van der Waals surface area contributed by atoms with Gasteiger partial charge in [-0.25, -0.2) is 0 Å². The molecule has 1 aliphatic heterocycles. The molecule has 0 bridgehead atoms. The van der Waals surface area contributed by atoms with Crippen LogP contribution in [0.4, 0.5) is 26.3 Å². The minimum Gasteiger partial charge on any atom is -0.196 e. The SMILES string of the molecule is CC(C)(C)c1ccc2c(c1)S(OS(=O)(=O)C(F)(F)F)(C(F)(F)F)C(C1CCCCCC1)=C2. The lowest BCUT2D eigenvalue weighted by Gasteiger charge is -2.42. The number of benzene rings is 1. The molecule has 3 nitrogen and oxygen atoms in total. The number of hydrogen-bond acceptors (Lipinski definition) is 3. The van der Waals surface area contributed by atoms with Gasteiger partial charge in [0.1, 0.15) is 0 Å². The Labute approximate surface area is 185 Å². The van der Waals surface area contributed by atoms with Gasteiger partial charge in [-0.05, 0) is 47.4 Å². The van der Waals surface area contributed by atoms with E-state index in [1.807, 2.05) is 0 Å². The molecule has 3 rings (SSSR count). The molecule has 32 heavy (non-hydrogen) atoms. The van der Waals surface area contributed by atoms with Crippen LogP contribution in [-0.2, 0) is 19.2 Å². The van der Waals surface area contributed by atoms with Gasteiger partial charge >= 0.3 is 21.1 Å². The van der Waals surface area contributed by atoms with Crippen LogP contribution in [0.5, 0.6) is 0 Å². The first kappa shape index (κ1) is 25.4. The molecule has 1 aromatic carbocycles. The Hall–Kier alpha value is -1.20.